The highest BCUT2D eigenvalue weighted by Gasteiger charge is 2.17. The number of likely N-dealkylation sites (tertiary alicyclic amines) is 1. The highest BCUT2D eigenvalue weighted by atomic mass is 16.6. The first-order valence-corrected chi connectivity index (χ1v) is 8.98. The number of alkyl carbamates (subject to hydrolysis) is 1. The van der Waals surface area contributed by atoms with Gasteiger partial charge in [-0.15, -0.1) is 0 Å². The van der Waals surface area contributed by atoms with Gasteiger partial charge in [-0.2, -0.15) is 0 Å². The maximum atomic E-state index is 11.7. The molecule has 0 unspecified atom stereocenters. The number of hydrogen-bond donors (Lipinski definition) is 1. The van der Waals surface area contributed by atoms with Crippen LogP contribution >= 0.6 is 0 Å². The van der Waals surface area contributed by atoms with Gasteiger partial charge >= 0.3 is 6.09 Å². The molecule has 6 nitrogen and oxygen atoms in total. The summed E-state index contributed by atoms with van der Waals surface area (Å²) in [5, 5.41) is 2.81. The summed E-state index contributed by atoms with van der Waals surface area (Å²) in [6.07, 6.45) is 7.99. The summed E-state index contributed by atoms with van der Waals surface area (Å²) >= 11 is 0. The summed E-state index contributed by atoms with van der Waals surface area (Å²) in [5.41, 5.74) is 0.707. The molecule has 1 fully saturated rings. The number of piperidine rings is 1. The van der Waals surface area contributed by atoms with Crippen molar-refractivity contribution < 1.29 is 9.53 Å². The second-order valence-electron chi connectivity index (χ2n) is 7.79. The highest BCUT2D eigenvalue weighted by molar-refractivity contribution is 5.67. The first-order chi connectivity index (χ1) is 11.3. The molecule has 0 bridgehead atoms. The van der Waals surface area contributed by atoms with Crippen molar-refractivity contribution in [3.05, 3.63) is 18.2 Å². The van der Waals surface area contributed by atoms with Crippen LogP contribution in [-0.2, 0) is 17.7 Å². The van der Waals surface area contributed by atoms with Crippen molar-refractivity contribution >= 4 is 6.09 Å². The molecule has 0 saturated carbocycles. The first-order valence-electron chi connectivity index (χ1n) is 8.98. The zero-order valence-electron chi connectivity index (χ0n) is 15.5. The summed E-state index contributed by atoms with van der Waals surface area (Å²) < 4.78 is 7.46. The molecule has 136 valence electrons. The number of aryl methyl sites for hydroxylation is 1. The van der Waals surface area contributed by atoms with E-state index in [2.05, 4.69) is 26.8 Å². The molecule has 2 heterocycles. The molecule has 1 aromatic heterocycles. The Balaban J connectivity index is 1.71. The summed E-state index contributed by atoms with van der Waals surface area (Å²) in [6.45, 7) is 9.59. The molecule has 1 aliphatic rings. The zero-order valence-corrected chi connectivity index (χ0v) is 15.5. The van der Waals surface area contributed by atoms with E-state index in [0.717, 1.165) is 18.9 Å². The zero-order chi connectivity index (χ0) is 17.6. The number of ether oxygens (including phenoxy) is 1. The largest absolute Gasteiger partial charge is 0.444 e. The second-order valence-corrected chi connectivity index (χ2v) is 7.79. The van der Waals surface area contributed by atoms with Crippen molar-refractivity contribution in [2.75, 3.05) is 26.7 Å². The minimum atomic E-state index is -0.458. The molecule has 0 spiro atoms. The third kappa shape index (κ3) is 6.51. The molecular weight excluding hydrogens is 304 g/mol. The number of carbonyl (C=O) groups excluding carboxylic acids is 1. The van der Waals surface area contributed by atoms with E-state index >= 15 is 0 Å². The summed E-state index contributed by atoms with van der Waals surface area (Å²) in [5.74, 6) is 0.816. The third-order valence-electron chi connectivity index (χ3n) is 4.46. The van der Waals surface area contributed by atoms with Crippen molar-refractivity contribution in [3.63, 3.8) is 0 Å². The number of amides is 1. The molecule has 24 heavy (non-hydrogen) atoms. The number of carbonyl (C=O) groups is 1. The van der Waals surface area contributed by atoms with Crippen LogP contribution in [0.5, 0.6) is 0 Å². The van der Waals surface area contributed by atoms with Crippen LogP contribution in [0.25, 0.3) is 0 Å². The molecule has 1 amide bonds. The number of hydrogen-bond acceptors (Lipinski definition) is 4. The van der Waals surface area contributed by atoms with Crippen molar-refractivity contribution in [2.24, 2.45) is 5.92 Å². The fraction of sp³-hybridized carbons (Fsp3) is 0.778. The fourth-order valence-corrected chi connectivity index (χ4v) is 3.04. The van der Waals surface area contributed by atoms with E-state index in [0.29, 0.717) is 6.54 Å². The van der Waals surface area contributed by atoms with Gasteiger partial charge in [0, 0.05) is 31.4 Å². The molecule has 1 N–H and O–H groups in total. The van der Waals surface area contributed by atoms with Crippen molar-refractivity contribution in [1.29, 1.82) is 0 Å². The van der Waals surface area contributed by atoms with Gasteiger partial charge in [-0.05, 0) is 66.1 Å². The van der Waals surface area contributed by atoms with Crippen LogP contribution in [-0.4, -0.2) is 52.8 Å². The Kier molecular flexibility index (Phi) is 6.66. The standard InChI is InChI=1S/C18H32N4O2/c1-18(2,3)24-17(23)20-9-5-16-13-19-14-22(16)12-8-15-6-10-21(4)11-7-15/h13-15H,5-12H2,1-4H3,(H,20,23). The highest BCUT2D eigenvalue weighted by Crippen LogP contribution is 2.20. The Morgan fingerprint density at radius 3 is 2.75 bits per heavy atom. The molecule has 1 aliphatic heterocycles. The van der Waals surface area contributed by atoms with Gasteiger partial charge in [0.15, 0.2) is 0 Å². The minimum Gasteiger partial charge on any atom is -0.444 e. The van der Waals surface area contributed by atoms with Crippen LogP contribution < -0.4 is 5.32 Å². The lowest BCUT2D eigenvalue weighted by Gasteiger charge is -2.29. The molecule has 0 atom stereocenters. The fourth-order valence-electron chi connectivity index (χ4n) is 3.04. The Morgan fingerprint density at radius 1 is 1.38 bits per heavy atom. The number of nitrogens with one attached hydrogen (secondary N) is 1. The minimum absolute atomic E-state index is 0.361. The van der Waals surface area contributed by atoms with Gasteiger partial charge < -0.3 is 19.5 Å². The van der Waals surface area contributed by atoms with E-state index in [1.165, 1.54) is 38.0 Å². The SMILES string of the molecule is CN1CCC(CCn2cncc2CCNC(=O)OC(C)(C)C)CC1. The molecular formula is C18H32N4O2. The number of aromatic nitrogens is 2. The Bertz CT molecular complexity index is 513. The number of rotatable bonds is 6. The lowest BCUT2D eigenvalue weighted by Crippen LogP contribution is -2.33. The van der Waals surface area contributed by atoms with Gasteiger partial charge in [0.1, 0.15) is 5.60 Å². The molecule has 2 rings (SSSR count). The number of nitrogens with zero attached hydrogens (tertiary/aromatic N) is 3. The smallest absolute Gasteiger partial charge is 0.407 e. The molecule has 0 aromatic carbocycles. The van der Waals surface area contributed by atoms with E-state index in [1.807, 2.05) is 33.3 Å². The predicted octanol–water partition coefficient (Wildman–Crippen LogP) is 2.68. The Hall–Kier alpha value is -1.56. The molecule has 0 aliphatic carbocycles. The topological polar surface area (TPSA) is 59.4 Å². The van der Waals surface area contributed by atoms with Gasteiger partial charge in [0.05, 0.1) is 6.33 Å². The maximum absolute atomic E-state index is 11.7. The Labute approximate surface area is 145 Å². The summed E-state index contributed by atoms with van der Waals surface area (Å²) in [6, 6.07) is 0. The molecule has 1 saturated heterocycles. The lowest BCUT2D eigenvalue weighted by atomic mass is 9.94. The van der Waals surface area contributed by atoms with E-state index in [-0.39, 0.29) is 6.09 Å². The van der Waals surface area contributed by atoms with Crippen LogP contribution in [0.4, 0.5) is 4.79 Å². The second kappa shape index (κ2) is 8.51. The average molecular weight is 336 g/mol. The Morgan fingerprint density at radius 2 is 2.08 bits per heavy atom. The normalized spacial score (nSPS) is 17.0. The molecule has 0 radical (unpaired) electrons. The monoisotopic (exact) mass is 336 g/mol. The maximum Gasteiger partial charge on any atom is 0.407 e. The van der Waals surface area contributed by atoms with Crippen molar-refractivity contribution in [2.45, 2.75) is 58.6 Å². The van der Waals surface area contributed by atoms with Gasteiger partial charge in [-0.1, -0.05) is 0 Å². The van der Waals surface area contributed by atoms with Crippen LogP contribution in [0.15, 0.2) is 12.5 Å². The summed E-state index contributed by atoms with van der Waals surface area (Å²) in [4.78, 5) is 18.3. The van der Waals surface area contributed by atoms with E-state index in [1.54, 1.807) is 0 Å². The first kappa shape index (κ1) is 18.8. The van der Waals surface area contributed by atoms with Gasteiger partial charge in [0.2, 0.25) is 0 Å². The van der Waals surface area contributed by atoms with E-state index < -0.39 is 5.60 Å². The van der Waals surface area contributed by atoms with Crippen LogP contribution in [0.2, 0.25) is 0 Å². The summed E-state index contributed by atoms with van der Waals surface area (Å²) in [7, 11) is 2.20. The van der Waals surface area contributed by atoms with Crippen molar-refractivity contribution in [3.8, 4) is 0 Å². The van der Waals surface area contributed by atoms with Crippen LogP contribution in [0, 0.1) is 5.92 Å². The van der Waals surface area contributed by atoms with E-state index in [4.69, 9.17) is 4.74 Å². The predicted molar refractivity (Wildman–Crippen MR) is 95.0 cm³/mol. The third-order valence-corrected chi connectivity index (χ3v) is 4.46. The molecule has 1 aromatic rings. The van der Waals surface area contributed by atoms with Crippen LogP contribution in [0.1, 0.15) is 45.7 Å². The number of imidazole rings is 1. The van der Waals surface area contributed by atoms with Gasteiger partial charge in [-0.25, -0.2) is 9.78 Å². The lowest BCUT2D eigenvalue weighted by molar-refractivity contribution is 0.0528. The van der Waals surface area contributed by atoms with Crippen LogP contribution in [0.3, 0.4) is 0 Å². The van der Waals surface area contributed by atoms with Gasteiger partial charge in [0.25, 0.3) is 0 Å². The quantitative estimate of drug-likeness (QED) is 0.868. The van der Waals surface area contributed by atoms with Gasteiger partial charge in [-0.3, -0.25) is 0 Å². The van der Waals surface area contributed by atoms with Crippen molar-refractivity contribution in [1.82, 2.24) is 19.8 Å². The average Bonchev–Trinajstić information content (AvgIpc) is 2.92. The molecule has 6 heteroatoms. The van der Waals surface area contributed by atoms with E-state index in [9.17, 15) is 4.79 Å².